The van der Waals surface area contributed by atoms with Crippen LogP contribution in [0.3, 0.4) is 0 Å². The number of rotatable bonds is 1. The topological polar surface area (TPSA) is 60.4 Å². The number of sulfone groups is 1. The van der Waals surface area contributed by atoms with E-state index in [0.717, 1.165) is 0 Å². The Hall–Kier alpha value is -0.580. The number of methoxy groups -OCH3 is 1. The Morgan fingerprint density at radius 1 is 1.46 bits per heavy atom. The largest absolute Gasteiger partial charge is 0.469 e. The molecule has 0 aromatic carbocycles. The van der Waals surface area contributed by atoms with Crippen LogP contribution in [0.4, 0.5) is 0 Å². The molecule has 1 heterocycles. The van der Waals surface area contributed by atoms with Gasteiger partial charge in [-0.1, -0.05) is 0 Å². The second-order valence-corrected chi connectivity index (χ2v) is 5.96. The standard InChI is InChI=1S/C8H14O4S/c1-6-5-7(8(9)12-2)3-4-13(6,10)11/h6-7H,3-5H2,1-2H3. The first-order valence-corrected chi connectivity index (χ1v) is 5.98. The van der Waals surface area contributed by atoms with Gasteiger partial charge < -0.3 is 4.74 Å². The van der Waals surface area contributed by atoms with Gasteiger partial charge in [-0.3, -0.25) is 4.79 Å². The molecule has 1 aliphatic heterocycles. The third kappa shape index (κ3) is 2.21. The summed E-state index contributed by atoms with van der Waals surface area (Å²) in [6.45, 7) is 1.64. The van der Waals surface area contributed by atoms with Crippen molar-refractivity contribution in [1.82, 2.24) is 0 Å². The molecular formula is C8H14O4S. The van der Waals surface area contributed by atoms with Gasteiger partial charge >= 0.3 is 5.97 Å². The zero-order valence-corrected chi connectivity index (χ0v) is 8.63. The molecule has 4 nitrogen and oxygen atoms in total. The van der Waals surface area contributed by atoms with E-state index >= 15 is 0 Å². The van der Waals surface area contributed by atoms with Gasteiger partial charge in [0.15, 0.2) is 9.84 Å². The summed E-state index contributed by atoms with van der Waals surface area (Å²) in [6, 6.07) is 0. The van der Waals surface area contributed by atoms with E-state index in [2.05, 4.69) is 4.74 Å². The van der Waals surface area contributed by atoms with Gasteiger partial charge in [-0.2, -0.15) is 0 Å². The summed E-state index contributed by atoms with van der Waals surface area (Å²) in [4.78, 5) is 11.1. The molecule has 5 heteroatoms. The first-order chi connectivity index (χ1) is 5.97. The van der Waals surface area contributed by atoms with E-state index in [0.29, 0.717) is 12.8 Å². The fraction of sp³-hybridized carbons (Fsp3) is 0.875. The third-order valence-corrected chi connectivity index (χ3v) is 4.74. The fourth-order valence-corrected chi connectivity index (χ4v) is 3.09. The third-order valence-electron chi connectivity index (χ3n) is 2.51. The lowest BCUT2D eigenvalue weighted by molar-refractivity contribution is -0.145. The molecule has 76 valence electrons. The van der Waals surface area contributed by atoms with Crippen molar-refractivity contribution in [2.45, 2.75) is 25.0 Å². The van der Waals surface area contributed by atoms with Gasteiger partial charge in [-0.15, -0.1) is 0 Å². The maximum absolute atomic E-state index is 11.3. The summed E-state index contributed by atoms with van der Waals surface area (Å²) in [5.41, 5.74) is 0. The van der Waals surface area contributed by atoms with Crippen molar-refractivity contribution in [3.63, 3.8) is 0 Å². The van der Waals surface area contributed by atoms with E-state index < -0.39 is 15.1 Å². The van der Waals surface area contributed by atoms with Crippen molar-refractivity contribution in [1.29, 1.82) is 0 Å². The quantitative estimate of drug-likeness (QED) is 0.582. The van der Waals surface area contributed by atoms with Gasteiger partial charge in [0.05, 0.1) is 24.0 Å². The Kier molecular flexibility index (Phi) is 2.95. The molecule has 0 radical (unpaired) electrons. The van der Waals surface area contributed by atoms with Crippen LogP contribution in [-0.2, 0) is 19.4 Å². The molecule has 1 saturated heterocycles. The van der Waals surface area contributed by atoms with Crippen molar-refractivity contribution >= 4 is 15.8 Å². The SMILES string of the molecule is COC(=O)C1CCS(=O)(=O)C(C)C1. The molecule has 1 aliphatic rings. The monoisotopic (exact) mass is 206 g/mol. The van der Waals surface area contributed by atoms with E-state index in [4.69, 9.17) is 0 Å². The van der Waals surface area contributed by atoms with Crippen molar-refractivity contribution in [3.8, 4) is 0 Å². The Balaban J connectivity index is 2.66. The highest BCUT2D eigenvalue weighted by molar-refractivity contribution is 7.92. The Morgan fingerprint density at radius 2 is 2.08 bits per heavy atom. The Morgan fingerprint density at radius 3 is 2.54 bits per heavy atom. The van der Waals surface area contributed by atoms with E-state index in [-0.39, 0.29) is 17.6 Å². The molecule has 0 aromatic heterocycles. The van der Waals surface area contributed by atoms with Gasteiger partial charge in [-0.25, -0.2) is 8.42 Å². The highest BCUT2D eigenvalue weighted by Gasteiger charge is 2.34. The second kappa shape index (κ2) is 3.65. The molecule has 0 N–H and O–H groups in total. The molecule has 13 heavy (non-hydrogen) atoms. The maximum atomic E-state index is 11.3. The minimum atomic E-state index is -2.94. The molecule has 0 aromatic rings. The smallest absolute Gasteiger partial charge is 0.308 e. The van der Waals surface area contributed by atoms with Crippen LogP contribution >= 0.6 is 0 Å². The van der Waals surface area contributed by atoms with E-state index in [1.807, 2.05) is 0 Å². The molecule has 2 atom stereocenters. The lowest BCUT2D eigenvalue weighted by Crippen LogP contribution is -2.34. The minimum Gasteiger partial charge on any atom is -0.469 e. The van der Waals surface area contributed by atoms with Crippen LogP contribution in [0.5, 0.6) is 0 Å². The average Bonchev–Trinajstić information content (AvgIpc) is 2.08. The van der Waals surface area contributed by atoms with E-state index in [1.54, 1.807) is 6.92 Å². The second-order valence-electron chi connectivity index (χ2n) is 3.42. The van der Waals surface area contributed by atoms with E-state index in [1.165, 1.54) is 7.11 Å². The van der Waals surface area contributed by atoms with Crippen LogP contribution < -0.4 is 0 Å². The van der Waals surface area contributed by atoms with Gasteiger partial charge in [0.25, 0.3) is 0 Å². The van der Waals surface area contributed by atoms with Crippen molar-refractivity contribution in [3.05, 3.63) is 0 Å². The zero-order chi connectivity index (χ0) is 10.1. The van der Waals surface area contributed by atoms with Gasteiger partial charge in [-0.05, 0) is 19.8 Å². The molecule has 0 spiro atoms. The predicted octanol–water partition coefficient (Wildman–Crippen LogP) is 0.373. The van der Waals surface area contributed by atoms with Crippen molar-refractivity contribution < 1.29 is 17.9 Å². The summed E-state index contributed by atoms with van der Waals surface area (Å²) < 4.78 is 27.1. The molecule has 0 aliphatic carbocycles. The normalized spacial score (nSPS) is 32.5. The molecular weight excluding hydrogens is 192 g/mol. The highest BCUT2D eigenvalue weighted by atomic mass is 32.2. The van der Waals surface area contributed by atoms with Crippen molar-refractivity contribution in [2.24, 2.45) is 5.92 Å². The zero-order valence-electron chi connectivity index (χ0n) is 7.82. The molecule has 0 bridgehead atoms. The average molecular weight is 206 g/mol. The van der Waals surface area contributed by atoms with Crippen LogP contribution in [0.2, 0.25) is 0 Å². The lowest BCUT2D eigenvalue weighted by atomic mass is 10.0. The number of esters is 1. The van der Waals surface area contributed by atoms with Gasteiger partial charge in [0, 0.05) is 0 Å². The molecule has 0 saturated carbocycles. The summed E-state index contributed by atoms with van der Waals surface area (Å²) in [5.74, 6) is -0.418. The molecule has 0 amide bonds. The molecule has 1 fully saturated rings. The van der Waals surface area contributed by atoms with Crippen LogP contribution in [0.1, 0.15) is 19.8 Å². The summed E-state index contributed by atoms with van der Waals surface area (Å²) in [6.07, 6.45) is 0.800. The Labute approximate surface area is 78.2 Å². The van der Waals surface area contributed by atoms with Gasteiger partial charge in [0.1, 0.15) is 0 Å². The molecule has 2 unspecified atom stereocenters. The fourth-order valence-electron chi connectivity index (χ4n) is 1.55. The van der Waals surface area contributed by atoms with Crippen LogP contribution in [0.25, 0.3) is 0 Å². The number of hydrogen-bond donors (Lipinski definition) is 0. The van der Waals surface area contributed by atoms with Crippen molar-refractivity contribution in [2.75, 3.05) is 12.9 Å². The summed E-state index contributed by atoms with van der Waals surface area (Å²) in [7, 11) is -1.61. The first kappa shape index (κ1) is 10.5. The summed E-state index contributed by atoms with van der Waals surface area (Å²) >= 11 is 0. The molecule has 1 rings (SSSR count). The maximum Gasteiger partial charge on any atom is 0.308 e. The number of carbonyl (C=O) groups is 1. The minimum absolute atomic E-state index is 0.105. The Bertz CT molecular complexity index is 293. The highest BCUT2D eigenvalue weighted by Crippen LogP contribution is 2.25. The summed E-state index contributed by atoms with van der Waals surface area (Å²) in [5, 5.41) is -0.412. The van der Waals surface area contributed by atoms with Crippen LogP contribution in [0, 0.1) is 5.92 Å². The number of hydrogen-bond acceptors (Lipinski definition) is 4. The van der Waals surface area contributed by atoms with Gasteiger partial charge in [0.2, 0.25) is 0 Å². The number of ether oxygens (including phenoxy) is 1. The van der Waals surface area contributed by atoms with Crippen LogP contribution in [-0.4, -0.2) is 32.5 Å². The van der Waals surface area contributed by atoms with Crippen LogP contribution in [0.15, 0.2) is 0 Å². The predicted molar refractivity (Wildman–Crippen MR) is 48.0 cm³/mol. The lowest BCUT2D eigenvalue weighted by Gasteiger charge is -2.24. The first-order valence-electron chi connectivity index (χ1n) is 4.26. The van der Waals surface area contributed by atoms with E-state index in [9.17, 15) is 13.2 Å². The number of carbonyl (C=O) groups excluding carboxylic acids is 1.